The highest BCUT2D eigenvalue weighted by Crippen LogP contribution is 2.24. The molecule has 0 radical (unpaired) electrons. The number of aromatic hydroxyl groups is 1. The van der Waals surface area contributed by atoms with Gasteiger partial charge in [-0.1, -0.05) is 18.9 Å². The third kappa shape index (κ3) is 2.89. The van der Waals surface area contributed by atoms with Gasteiger partial charge in [-0.3, -0.25) is 4.79 Å². The molecule has 4 nitrogen and oxygen atoms in total. The molecular weight excluding hydrogens is 242 g/mol. The second-order valence-electron chi connectivity index (χ2n) is 5.13. The first-order valence-corrected chi connectivity index (χ1v) is 6.85. The van der Waals surface area contributed by atoms with Crippen LogP contribution >= 0.6 is 0 Å². The average molecular weight is 263 g/mol. The van der Waals surface area contributed by atoms with Gasteiger partial charge in [-0.15, -0.1) is 0 Å². The second-order valence-corrected chi connectivity index (χ2v) is 5.13. The van der Waals surface area contributed by atoms with Crippen LogP contribution in [0.15, 0.2) is 18.2 Å². The summed E-state index contributed by atoms with van der Waals surface area (Å²) in [6.45, 7) is 2.43. The van der Waals surface area contributed by atoms with Crippen molar-refractivity contribution in [2.75, 3.05) is 13.2 Å². The monoisotopic (exact) mass is 263 g/mol. The molecule has 1 fully saturated rings. The molecule has 1 aromatic rings. The standard InChI is InChI=1S/C15H21NO3/c1-11-13(7-5-8-14(11)18)15(19)16-9-4-2-3-6-12(16)10-17/h5,7-8,12,17-18H,2-4,6,9-10H2,1H3. The normalized spacial score (nSPS) is 20.1. The highest BCUT2D eigenvalue weighted by molar-refractivity contribution is 5.96. The minimum atomic E-state index is -0.100. The van der Waals surface area contributed by atoms with Gasteiger partial charge in [0.25, 0.3) is 5.91 Å². The third-order valence-corrected chi connectivity index (χ3v) is 3.88. The Labute approximate surface area is 113 Å². The Kier molecular flexibility index (Phi) is 4.43. The van der Waals surface area contributed by atoms with E-state index in [2.05, 4.69) is 0 Å². The summed E-state index contributed by atoms with van der Waals surface area (Å²) in [4.78, 5) is 14.4. The van der Waals surface area contributed by atoms with E-state index in [4.69, 9.17) is 0 Å². The Morgan fingerprint density at radius 2 is 2.16 bits per heavy atom. The quantitative estimate of drug-likeness (QED) is 0.858. The number of hydrogen-bond acceptors (Lipinski definition) is 3. The molecular formula is C15H21NO3. The Morgan fingerprint density at radius 3 is 2.89 bits per heavy atom. The SMILES string of the molecule is Cc1c(O)cccc1C(=O)N1CCCCCC1CO. The summed E-state index contributed by atoms with van der Waals surface area (Å²) >= 11 is 0. The molecule has 1 saturated heterocycles. The van der Waals surface area contributed by atoms with E-state index in [0.29, 0.717) is 17.7 Å². The van der Waals surface area contributed by atoms with E-state index in [0.717, 1.165) is 25.7 Å². The molecule has 4 heteroatoms. The second kappa shape index (κ2) is 6.06. The van der Waals surface area contributed by atoms with Gasteiger partial charge in [0, 0.05) is 17.7 Å². The first kappa shape index (κ1) is 13.9. The lowest BCUT2D eigenvalue weighted by molar-refractivity contribution is 0.0598. The molecule has 1 heterocycles. The first-order chi connectivity index (χ1) is 9.15. The van der Waals surface area contributed by atoms with E-state index < -0.39 is 0 Å². The van der Waals surface area contributed by atoms with Crippen LogP contribution in [0.2, 0.25) is 0 Å². The molecule has 1 aromatic carbocycles. The molecule has 0 spiro atoms. The molecule has 0 saturated carbocycles. The summed E-state index contributed by atoms with van der Waals surface area (Å²) in [5.74, 6) is 0.0515. The van der Waals surface area contributed by atoms with Crippen LogP contribution in [0.1, 0.15) is 41.6 Å². The summed E-state index contributed by atoms with van der Waals surface area (Å²) in [5, 5.41) is 19.2. The van der Waals surface area contributed by atoms with E-state index in [1.54, 1.807) is 30.0 Å². The van der Waals surface area contributed by atoms with E-state index in [1.165, 1.54) is 0 Å². The van der Waals surface area contributed by atoms with E-state index in [-0.39, 0.29) is 24.3 Å². The molecule has 1 unspecified atom stereocenters. The summed E-state index contributed by atoms with van der Waals surface area (Å²) in [5.41, 5.74) is 1.13. The number of aliphatic hydroxyl groups excluding tert-OH is 1. The van der Waals surface area contributed by atoms with Crippen molar-refractivity contribution >= 4 is 5.91 Å². The summed E-state index contributed by atoms with van der Waals surface area (Å²) in [7, 11) is 0. The third-order valence-electron chi connectivity index (χ3n) is 3.88. The fourth-order valence-electron chi connectivity index (χ4n) is 2.64. The lowest BCUT2D eigenvalue weighted by Gasteiger charge is -2.29. The number of rotatable bonds is 2. The highest BCUT2D eigenvalue weighted by Gasteiger charge is 2.26. The molecule has 1 aliphatic heterocycles. The van der Waals surface area contributed by atoms with E-state index in [9.17, 15) is 15.0 Å². The van der Waals surface area contributed by atoms with Crippen molar-refractivity contribution in [1.29, 1.82) is 0 Å². The van der Waals surface area contributed by atoms with Gasteiger partial charge in [-0.2, -0.15) is 0 Å². The summed E-state index contributed by atoms with van der Waals surface area (Å²) in [6.07, 6.45) is 3.97. The van der Waals surface area contributed by atoms with Crippen LogP contribution in [0.5, 0.6) is 5.75 Å². The fraction of sp³-hybridized carbons (Fsp3) is 0.533. The lowest BCUT2D eigenvalue weighted by atomic mass is 10.0. The minimum Gasteiger partial charge on any atom is -0.508 e. The highest BCUT2D eigenvalue weighted by atomic mass is 16.3. The zero-order valence-corrected chi connectivity index (χ0v) is 11.3. The Balaban J connectivity index is 2.28. The zero-order valence-electron chi connectivity index (χ0n) is 11.3. The number of nitrogens with zero attached hydrogens (tertiary/aromatic N) is 1. The van der Waals surface area contributed by atoms with Gasteiger partial charge >= 0.3 is 0 Å². The average Bonchev–Trinajstić information content (AvgIpc) is 2.66. The number of likely N-dealkylation sites (tertiary alicyclic amines) is 1. The molecule has 1 aliphatic rings. The van der Waals surface area contributed by atoms with Gasteiger partial charge in [-0.05, 0) is 31.9 Å². The first-order valence-electron chi connectivity index (χ1n) is 6.85. The number of amides is 1. The van der Waals surface area contributed by atoms with Gasteiger partial charge < -0.3 is 15.1 Å². The molecule has 2 rings (SSSR count). The van der Waals surface area contributed by atoms with E-state index >= 15 is 0 Å². The van der Waals surface area contributed by atoms with E-state index in [1.807, 2.05) is 0 Å². The summed E-state index contributed by atoms with van der Waals surface area (Å²) < 4.78 is 0. The van der Waals surface area contributed by atoms with Crippen LogP contribution in [-0.4, -0.2) is 40.2 Å². The number of phenolic OH excluding ortho intramolecular Hbond substituents is 1. The van der Waals surface area contributed by atoms with Crippen LogP contribution in [0, 0.1) is 6.92 Å². The Hall–Kier alpha value is -1.55. The Morgan fingerprint density at radius 1 is 1.37 bits per heavy atom. The predicted molar refractivity (Wildman–Crippen MR) is 73.2 cm³/mol. The number of phenols is 1. The molecule has 1 amide bonds. The molecule has 0 bridgehead atoms. The number of aliphatic hydroxyl groups is 1. The van der Waals surface area contributed by atoms with Crippen LogP contribution in [0.3, 0.4) is 0 Å². The molecule has 19 heavy (non-hydrogen) atoms. The smallest absolute Gasteiger partial charge is 0.254 e. The predicted octanol–water partition coefficient (Wildman–Crippen LogP) is 2.08. The van der Waals surface area contributed by atoms with Gasteiger partial charge in [0.1, 0.15) is 5.75 Å². The fourth-order valence-corrected chi connectivity index (χ4v) is 2.64. The van der Waals surface area contributed by atoms with Crippen molar-refractivity contribution in [3.8, 4) is 5.75 Å². The number of carbonyl (C=O) groups is 1. The van der Waals surface area contributed by atoms with Gasteiger partial charge in [0.05, 0.1) is 12.6 Å². The van der Waals surface area contributed by atoms with Gasteiger partial charge in [0.2, 0.25) is 0 Å². The van der Waals surface area contributed by atoms with Crippen molar-refractivity contribution in [2.24, 2.45) is 0 Å². The maximum Gasteiger partial charge on any atom is 0.254 e. The molecule has 1 atom stereocenters. The van der Waals surface area contributed by atoms with Crippen molar-refractivity contribution in [1.82, 2.24) is 4.90 Å². The topological polar surface area (TPSA) is 60.8 Å². The minimum absolute atomic E-state index is 0.00357. The van der Waals surface area contributed by atoms with Gasteiger partial charge in [0.15, 0.2) is 0 Å². The number of carbonyl (C=O) groups excluding carboxylic acids is 1. The molecule has 0 aliphatic carbocycles. The molecule has 0 aromatic heterocycles. The number of hydrogen-bond donors (Lipinski definition) is 2. The van der Waals surface area contributed by atoms with Crippen LogP contribution in [0.4, 0.5) is 0 Å². The van der Waals surface area contributed by atoms with Crippen LogP contribution < -0.4 is 0 Å². The Bertz CT molecular complexity index is 459. The van der Waals surface area contributed by atoms with Crippen molar-refractivity contribution in [3.63, 3.8) is 0 Å². The summed E-state index contributed by atoms with van der Waals surface area (Å²) in [6, 6.07) is 4.90. The van der Waals surface area contributed by atoms with Crippen LogP contribution in [-0.2, 0) is 0 Å². The van der Waals surface area contributed by atoms with Crippen molar-refractivity contribution in [2.45, 2.75) is 38.6 Å². The maximum atomic E-state index is 12.6. The number of benzene rings is 1. The molecule has 104 valence electrons. The maximum absolute atomic E-state index is 12.6. The van der Waals surface area contributed by atoms with Gasteiger partial charge in [-0.25, -0.2) is 0 Å². The van der Waals surface area contributed by atoms with Crippen molar-refractivity contribution < 1.29 is 15.0 Å². The van der Waals surface area contributed by atoms with Crippen molar-refractivity contribution in [3.05, 3.63) is 29.3 Å². The molecule has 2 N–H and O–H groups in total. The zero-order chi connectivity index (χ0) is 13.8. The lowest BCUT2D eigenvalue weighted by Crippen LogP contribution is -2.42. The van der Waals surface area contributed by atoms with Crippen LogP contribution in [0.25, 0.3) is 0 Å². The largest absolute Gasteiger partial charge is 0.508 e.